The van der Waals surface area contributed by atoms with Gasteiger partial charge in [-0.25, -0.2) is 0 Å². The Labute approximate surface area is 123 Å². The Kier molecular flexibility index (Phi) is 3.66. The monoisotopic (exact) mass is 292 g/mol. The lowest BCUT2D eigenvalue weighted by atomic mass is 9.91. The number of carbonyl (C=O) groups is 2. The van der Waals surface area contributed by atoms with Crippen LogP contribution in [-0.4, -0.2) is 35.8 Å². The first kappa shape index (κ1) is 13.4. The van der Waals surface area contributed by atoms with E-state index in [0.29, 0.717) is 18.0 Å². The summed E-state index contributed by atoms with van der Waals surface area (Å²) < 4.78 is 0. The van der Waals surface area contributed by atoms with E-state index in [4.69, 9.17) is 11.6 Å². The fraction of sp³-hybridized carbons (Fsp3) is 0.467. The number of hydrogen-bond donors (Lipinski definition) is 1. The van der Waals surface area contributed by atoms with Gasteiger partial charge in [-0.3, -0.25) is 9.59 Å². The van der Waals surface area contributed by atoms with E-state index in [1.165, 1.54) is 0 Å². The molecule has 1 aromatic carbocycles. The fourth-order valence-electron chi connectivity index (χ4n) is 3.16. The summed E-state index contributed by atoms with van der Waals surface area (Å²) >= 11 is 5.82. The predicted molar refractivity (Wildman–Crippen MR) is 76.6 cm³/mol. The maximum Gasteiger partial charge on any atom is 0.254 e. The standard InChI is InChI=1S/C15H17ClN2O2/c16-8-10-3-1-4-11(7-10)15(20)18-6-2-5-12-13(18)9-17-14(12)19/h1,3-4,7,12-13H,2,5-6,8-9H2,(H,17,19). The van der Waals surface area contributed by atoms with Crippen molar-refractivity contribution in [1.82, 2.24) is 10.2 Å². The molecule has 0 aromatic heterocycles. The quantitative estimate of drug-likeness (QED) is 0.845. The molecule has 3 rings (SSSR count). The molecule has 2 aliphatic rings. The van der Waals surface area contributed by atoms with Crippen molar-refractivity contribution in [2.45, 2.75) is 24.8 Å². The van der Waals surface area contributed by atoms with Gasteiger partial charge >= 0.3 is 0 Å². The number of nitrogens with one attached hydrogen (secondary N) is 1. The zero-order chi connectivity index (χ0) is 14.1. The Hall–Kier alpha value is -1.55. The van der Waals surface area contributed by atoms with Gasteiger partial charge in [0, 0.05) is 24.5 Å². The van der Waals surface area contributed by atoms with Crippen molar-refractivity contribution in [3.05, 3.63) is 35.4 Å². The first-order chi connectivity index (χ1) is 9.70. The molecule has 20 heavy (non-hydrogen) atoms. The van der Waals surface area contributed by atoms with E-state index in [0.717, 1.165) is 24.9 Å². The van der Waals surface area contributed by atoms with E-state index in [1.807, 2.05) is 29.2 Å². The van der Waals surface area contributed by atoms with E-state index in [-0.39, 0.29) is 23.8 Å². The number of hydrogen-bond acceptors (Lipinski definition) is 2. The van der Waals surface area contributed by atoms with Crippen LogP contribution in [0, 0.1) is 5.92 Å². The molecule has 0 bridgehead atoms. The Bertz CT molecular complexity index is 546. The van der Waals surface area contributed by atoms with Crippen molar-refractivity contribution >= 4 is 23.4 Å². The zero-order valence-corrected chi connectivity index (χ0v) is 11.9. The topological polar surface area (TPSA) is 49.4 Å². The SMILES string of the molecule is O=C1NCC2C1CCCN2C(=O)c1cccc(CCl)c1. The number of amides is 2. The number of likely N-dealkylation sites (tertiary alicyclic amines) is 1. The van der Waals surface area contributed by atoms with Gasteiger partial charge in [-0.15, -0.1) is 11.6 Å². The van der Waals surface area contributed by atoms with Gasteiger partial charge in [-0.2, -0.15) is 0 Å². The van der Waals surface area contributed by atoms with Crippen molar-refractivity contribution in [1.29, 1.82) is 0 Å². The van der Waals surface area contributed by atoms with Crippen molar-refractivity contribution < 1.29 is 9.59 Å². The van der Waals surface area contributed by atoms with Gasteiger partial charge in [0.15, 0.2) is 0 Å². The van der Waals surface area contributed by atoms with Gasteiger partial charge in [0.05, 0.1) is 12.0 Å². The molecule has 0 aliphatic carbocycles. The second-order valence-corrected chi connectivity index (χ2v) is 5.66. The third kappa shape index (κ3) is 2.29. The highest BCUT2D eigenvalue weighted by Crippen LogP contribution is 2.28. The second-order valence-electron chi connectivity index (χ2n) is 5.39. The third-order valence-corrected chi connectivity index (χ3v) is 4.50. The van der Waals surface area contributed by atoms with Crippen LogP contribution in [0.2, 0.25) is 0 Å². The molecule has 1 N–H and O–H groups in total. The van der Waals surface area contributed by atoms with Gasteiger partial charge in [0.1, 0.15) is 0 Å². The average molecular weight is 293 g/mol. The fourth-order valence-corrected chi connectivity index (χ4v) is 3.32. The summed E-state index contributed by atoms with van der Waals surface area (Å²) in [4.78, 5) is 26.3. The molecular formula is C15H17ClN2O2. The van der Waals surface area contributed by atoms with Gasteiger partial charge in [-0.1, -0.05) is 12.1 Å². The first-order valence-electron chi connectivity index (χ1n) is 6.94. The number of nitrogens with zero attached hydrogens (tertiary/aromatic N) is 1. The molecule has 0 radical (unpaired) electrons. The van der Waals surface area contributed by atoms with E-state index in [9.17, 15) is 9.59 Å². The zero-order valence-electron chi connectivity index (χ0n) is 11.1. The highest BCUT2D eigenvalue weighted by atomic mass is 35.5. The van der Waals surface area contributed by atoms with E-state index in [2.05, 4.69) is 5.32 Å². The van der Waals surface area contributed by atoms with Crippen LogP contribution in [0.15, 0.2) is 24.3 Å². The molecule has 0 saturated carbocycles. The van der Waals surface area contributed by atoms with Crippen molar-refractivity contribution in [2.75, 3.05) is 13.1 Å². The minimum atomic E-state index is -0.0380. The lowest BCUT2D eigenvalue weighted by Gasteiger charge is -2.36. The summed E-state index contributed by atoms with van der Waals surface area (Å²) in [5.74, 6) is 0.446. The molecule has 2 saturated heterocycles. The number of rotatable bonds is 2. The molecule has 2 heterocycles. The van der Waals surface area contributed by atoms with Crippen LogP contribution in [0.25, 0.3) is 0 Å². The molecule has 2 atom stereocenters. The maximum absolute atomic E-state index is 12.7. The lowest BCUT2D eigenvalue weighted by Crippen LogP contribution is -2.48. The van der Waals surface area contributed by atoms with E-state index in [1.54, 1.807) is 0 Å². The Morgan fingerprint density at radius 1 is 1.45 bits per heavy atom. The minimum Gasteiger partial charge on any atom is -0.354 e. The molecule has 2 aliphatic heterocycles. The normalized spacial score (nSPS) is 25.2. The highest BCUT2D eigenvalue weighted by molar-refractivity contribution is 6.17. The lowest BCUT2D eigenvalue weighted by molar-refractivity contribution is -0.123. The predicted octanol–water partition coefficient (Wildman–Crippen LogP) is 1.78. The Balaban J connectivity index is 1.84. The van der Waals surface area contributed by atoms with Gasteiger partial charge in [0.2, 0.25) is 5.91 Å². The number of fused-ring (bicyclic) bond motifs is 1. The smallest absolute Gasteiger partial charge is 0.254 e. The van der Waals surface area contributed by atoms with Crippen molar-refractivity contribution in [3.63, 3.8) is 0 Å². The number of carbonyl (C=O) groups excluding carboxylic acids is 2. The maximum atomic E-state index is 12.7. The Morgan fingerprint density at radius 2 is 2.30 bits per heavy atom. The van der Waals surface area contributed by atoms with Crippen molar-refractivity contribution in [2.24, 2.45) is 5.92 Å². The molecular weight excluding hydrogens is 276 g/mol. The second kappa shape index (κ2) is 5.44. The Morgan fingerprint density at radius 3 is 3.10 bits per heavy atom. The first-order valence-corrected chi connectivity index (χ1v) is 7.48. The summed E-state index contributed by atoms with van der Waals surface area (Å²) in [5, 5.41) is 2.87. The van der Waals surface area contributed by atoms with E-state index < -0.39 is 0 Å². The number of alkyl halides is 1. The van der Waals surface area contributed by atoms with Crippen LogP contribution in [0.1, 0.15) is 28.8 Å². The number of piperidine rings is 1. The molecule has 2 unspecified atom stereocenters. The molecule has 4 nitrogen and oxygen atoms in total. The molecule has 0 spiro atoms. The van der Waals surface area contributed by atoms with E-state index >= 15 is 0 Å². The summed E-state index contributed by atoms with van der Waals surface area (Å²) in [6, 6.07) is 7.41. The highest BCUT2D eigenvalue weighted by Gasteiger charge is 2.42. The van der Waals surface area contributed by atoms with Gasteiger partial charge in [-0.05, 0) is 30.5 Å². The number of benzene rings is 1. The summed E-state index contributed by atoms with van der Waals surface area (Å²) in [6.45, 7) is 1.30. The molecule has 2 fully saturated rings. The largest absolute Gasteiger partial charge is 0.354 e. The van der Waals surface area contributed by atoms with Crippen LogP contribution < -0.4 is 5.32 Å². The van der Waals surface area contributed by atoms with Gasteiger partial charge in [0.25, 0.3) is 5.91 Å². The van der Waals surface area contributed by atoms with Crippen LogP contribution in [0.3, 0.4) is 0 Å². The molecule has 5 heteroatoms. The number of halogens is 1. The van der Waals surface area contributed by atoms with Crippen LogP contribution in [0.4, 0.5) is 0 Å². The van der Waals surface area contributed by atoms with Crippen LogP contribution in [0.5, 0.6) is 0 Å². The summed E-state index contributed by atoms with van der Waals surface area (Å²) in [7, 11) is 0. The minimum absolute atomic E-state index is 0.00293. The van der Waals surface area contributed by atoms with Gasteiger partial charge < -0.3 is 10.2 Å². The molecule has 1 aromatic rings. The van der Waals surface area contributed by atoms with Crippen molar-refractivity contribution in [3.8, 4) is 0 Å². The molecule has 2 amide bonds. The summed E-state index contributed by atoms with van der Waals surface area (Å²) in [6.07, 6.45) is 1.76. The average Bonchev–Trinajstić information content (AvgIpc) is 2.88. The summed E-state index contributed by atoms with van der Waals surface area (Å²) in [5.41, 5.74) is 1.59. The van der Waals surface area contributed by atoms with Crippen LogP contribution in [-0.2, 0) is 10.7 Å². The van der Waals surface area contributed by atoms with Crippen LogP contribution >= 0.6 is 11.6 Å². The third-order valence-electron chi connectivity index (χ3n) is 4.19. The molecule has 106 valence electrons.